The van der Waals surface area contributed by atoms with Crippen LogP contribution in [0.25, 0.3) is 0 Å². The lowest BCUT2D eigenvalue weighted by Crippen LogP contribution is -2.51. The summed E-state index contributed by atoms with van der Waals surface area (Å²) in [4.78, 5) is 0. The molecule has 0 bridgehead atoms. The number of piperidine rings is 1. The second-order valence-corrected chi connectivity index (χ2v) is 7.39. The van der Waals surface area contributed by atoms with E-state index in [4.69, 9.17) is 0 Å². The van der Waals surface area contributed by atoms with Gasteiger partial charge in [-0.3, -0.25) is 0 Å². The van der Waals surface area contributed by atoms with Gasteiger partial charge in [0.05, 0.1) is 0 Å². The molecule has 1 heteroatoms. The first-order chi connectivity index (χ1) is 9.85. The number of unbranched alkanes of at least 4 members (excludes halogenated alkanes) is 4. The van der Waals surface area contributed by atoms with Crippen LogP contribution in [0.2, 0.25) is 0 Å². The summed E-state index contributed by atoms with van der Waals surface area (Å²) < 4.78 is 0. The van der Waals surface area contributed by atoms with Gasteiger partial charge in [0.25, 0.3) is 0 Å². The molecule has 0 aromatic rings. The van der Waals surface area contributed by atoms with Crippen LogP contribution in [0, 0.1) is 11.8 Å². The standard InChI is InChI=1S/C19H37N/c1-3-5-7-10-16-11-9-13-19-18(16)15-14-17(20-19)12-8-6-4-2/h16-20H,3-15H2,1-2H3/t16-,17+,18-,19-/m0/s1. The number of rotatable bonds is 8. The lowest BCUT2D eigenvalue weighted by atomic mass is 9.69. The predicted molar refractivity (Wildman–Crippen MR) is 89.1 cm³/mol. The SMILES string of the molecule is CCCCC[C@@H]1CC[C@H]2[C@@H](CCCCC)CCC[C@@H]2N1. The summed E-state index contributed by atoms with van der Waals surface area (Å²) in [7, 11) is 0. The zero-order valence-corrected chi connectivity index (χ0v) is 14.0. The normalized spacial score (nSPS) is 33.9. The Morgan fingerprint density at radius 2 is 1.55 bits per heavy atom. The maximum atomic E-state index is 4.03. The van der Waals surface area contributed by atoms with Crippen LogP contribution in [0.5, 0.6) is 0 Å². The summed E-state index contributed by atoms with van der Waals surface area (Å²) in [5.74, 6) is 2.06. The summed E-state index contributed by atoms with van der Waals surface area (Å²) in [5, 5.41) is 4.03. The van der Waals surface area contributed by atoms with Gasteiger partial charge in [-0.2, -0.15) is 0 Å². The first kappa shape index (κ1) is 16.3. The van der Waals surface area contributed by atoms with Crippen molar-refractivity contribution in [1.29, 1.82) is 0 Å². The molecule has 1 N–H and O–H groups in total. The van der Waals surface area contributed by atoms with E-state index in [1.807, 2.05) is 0 Å². The van der Waals surface area contributed by atoms with Gasteiger partial charge < -0.3 is 5.32 Å². The fourth-order valence-electron chi connectivity index (χ4n) is 4.66. The molecule has 2 fully saturated rings. The quantitative estimate of drug-likeness (QED) is 0.563. The Morgan fingerprint density at radius 1 is 0.800 bits per heavy atom. The lowest BCUT2D eigenvalue weighted by Gasteiger charge is -2.45. The molecule has 0 unspecified atom stereocenters. The van der Waals surface area contributed by atoms with Crippen LogP contribution in [-0.4, -0.2) is 12.1 Å². The summed E-state index contributed by atoms with van der Waals surface area (Å²) in [5.41, 5.74) is 0. The molecule has 4 atom stereocenters. The zero-order chi connectivity index (χ0) is 14.2. The number of hydrogen-bond donors (Lipinski definition) is 1. The van der Waals surface area contributed by atoms with Crippen LogP contribution >= 0.6 is 0 Å². The van der Waals surface area contributed by atoms with Crippen LogP contribution < -0.4 is 5.32 Å². The van der Waals surface area contributed by atoms with Gasteiger partial charge in [0.15, 0.2) is 0 Å². The molecule has 2 rings (SSSR count). The van der Waals surface area contributed by atoms with E-state index in [2.05, 4.69) is 19.2 Å². The second-order valence-electron chi connectivity index (χ2n) is 7.39. The molecule has 0 spiro atoms. The van der Waals surface area contributed by atoms with Gasteiger partial charge in [0.1, 0.15) is 0 Å². The van der Waals surface area contributed by atoms with E-state index in [0.29, 0.717) is 0 Å². The van der Waals surface area contributed by atoms with Crippen LogP contribution in [-0.2, 0) is 0 Å². The Morgan fingerprint density at radius 3 is 2.30 bits per heavy atom. The van der Waals surface area contributed by atoms with Gasteiger partial charge in [-0.1, -0.05) is 71.6 Å². The zero-order valence-electron chi connectivity index (χ0n) is 14.0. The van der Waals surface area contributed by atoms with Crippen molar-refractivity contribution in [3.63, 3.8) is 0 Å². The molecule has 1 saturated heterocycles. The Balaban J connectivity index is 1.75. The van der Waals surface area contributed by atoms with E-state index in [9.17, 15) is 0 Å². The first-order valence-corrected chi connectivity index (χ1v) is 9.61. The molecule has 1 heterocycles. The van der Waals surface area contributed by atoms with E-state index in [1.54, 1.807) is 0 Å². The molecular formula is C19H37N. The lowest BCUT2D eigenvalue weighted by molar-refractivity contribution is 0.104. The predicted octanol–water partition coefficient (Wildman–Crippen LogP) is 5.68. The molecule has 1 aliphatic heterocycles. The molecule has 118 valence electrons. The number of hydrogen-bond acceptors (Lipinski definition) is 1. The Bertz CT molecular complexity index is 250. The topological polar surface area (TPSA) is 12.0 Å². The Kier molecular flexibility index (Phi) is 7.41. The molecule has 1 aliphatic carbocycles. The largest absolute Gasteiger partial charge is 0.311 e. The van der Waals surface area contributed by atoms with Crippen molar-refractivity contribution in [2.45, 2.75) is 109 Å². The van der Waals surface area contributed by atoms with Crippen LogP contribution in [0.1, 0.15) is 97.3 Å². The fourth-order valence-corrected chi connectivity index (χ4v) is 4.66. The van der Waals surface area contributed by atoms with Gasteiger partial charge in [-0.05, 0) is 37.5 Å². The minimum absolute atomic E-state index is 0.845. The van der Waals surface area contributed by atoms with Crippen molar-refractivity contribution >= 4 is 0 Å². The highest BCUT2D eigenvalue weighted by Crippen LogP contribution is 2.39. The third kappa shape index (κ3) is 4.76. The molecule has 0 radical (unpaired) electrons. The van der Waals surface area contributed by atoms with Crippen LogP contribution in [0.3, 0.4) is 0 Å². The molecular weight excluding hydrogens is 242 g/mol. The molecule has 1 saturated carbocycles. The summed E-state index contributed by atoms with van der Waals surface area (Å²) in [6, 6.07) is 1.72. The van der Waals surface area contributed by atoms with E-state index < -0.39 is 0 Å². The highest BCUT2D eigenvalue weighted by molar-refractivity contribution is 4.93. The van der Waals surface area contributed by atoms with Gasteiger partial charge in [-0.15, -0.1) is 0 Å². The van der Waals surface area contributed by atoms with Gasteiger partial charge in [0, 0.05) is 12.1 Å². The highest BCUT2D eigenvalue weighted by atomic mass is 15.0. The minimum atomic E-state index is 0.845. The Labute approximate surface area is 127 Å². The molecule has 2 aliphatic rings. The summed E-state index contributed by atoms with van der Waals surface area (Å²) >= 11 is 0. The maximum absolute atomic E-state index is 4.03. The van der Waals surface area contributed by atoms with Crippen LogP contribution in [0.15, 0.2) is 0 Å². The monoisotopic (exact) mass is 279 g/mol. The average molecular weight is 280 g/mol. The van der Waals surface area contributed by atoms with Crippen molar-refractivity contribution in [2.24, 2.45) is 11.8 Å². The molecule has 20 heavy (non-hydrogen) atoms. The maximum Gasteiger partial charge on any atom is 0.0101 e. The second kappa shape index (κ2) is 9.07. The van der Waals surface area contributed by atoms with Crippen molar-refractivity contribution in [3.05, 3.63) is 0 Å². The molecule has 0 aromatic carbocycles. The molecule has 1 nitrogen and oxygen atoms in total. The fraction of sp³-hybridized carbons (Fsp3) is 1.00. The van der Waals surface area contributed by atoms with Crippen molar-refractivity contribution in [3.8, 4) is 0 Å². The highest BCUT2D eigenvalue weighted by Gasteiger charge is 2.36. The summed E-state index contributed by atoms with van der Waals surface area (Å²) in [6.45, 7) is 4.64. The van der Waals surface area contributed by atoms with E-state index in [1.165, 1.54) is 83.5 Å². The smallest absolute Gasteiger partial charge is 0.0101 e. The van der Waals surface area contributed by atoms with Gasteiger partial charge in [0.2, 0.25) is 0 Å². The summed E-state index contributed by atoms with van der Waals surface area (Å²) in [6.07, 6.45) is 18.9. The van der Waals surface area contributed by atoms with E-state index >= 15 is 0 Å². The van der Waals surface area contributed by atoms with Crippen molar-refractivity contribution < 1.29 is 0 Å². The minimum Gasteiger partial charge on any atom is -0.311 e. The number of nitrogens with one attached hydrogen (secondary N) is 1. The van der Waals surface area contributed by atoms with Gasteiger partial charge >= 0.3 is 0 Å². The van der Waals surface area contributed by atoms with Crippen LogP contribution in [0.4, 0.5) is 0 Å². The Hall–Kier alpha value is -0.0400. The van der Waals surface area contributed by atoms with Crippen molar-refractivity contribution in [1.82, 2.24) is 5.32 Å². The van der Waals surface area contributed by atoms with Gasteiger partial charge in [-0.25, -0.2) is 0 Å². The third-order valence-electron chi connectivity index (χ3n) is 5.85. The average Bonchev–Trinajstić information content (AvgIpc) is 2.48. The van der Waals surface area contributed by atoms with E-state index in [0.717, 1.165) is 23.9 Å². The van der Waals surface area contributed by atoms with E-state index in [-0.39, 0.29) is 0 Å². The number of fused-ring (bicyclic) bond motifs is 1. The molecule has 0 amide bonds. The third-order valence-corrected chi connectivity index (χ3v) is 5.85. The molecule has 0 aromatic heterocycles. The first-order valence-electron chi connectivity index (χ1n) is 9.61. The van der Waals surface area contributed by atoms with Crippen molar-refractivity contribution in [2.75, 3.05) is 0 Å².